The molecule has 1 rings (SSSR count). The van der Waals surface area contributed by atoms with Gasteiger partial charge in [-0.15, -0.1) is 0 Å². The van der Waals surface area contributed by atoms with Crippen molar-refractivity contribution in [3.63, 3.8) is 0 Å². The Balaban J connectivity index is 2.88. The number of carbonyl (C=O) groups is 1. The first-order valence-corrected chi connectivity index (χ1v) is 5.73. The monoisotopic (exact) mass is 308 g/mol. The van der Waals surface area contributed by atoms with Gasteiger partial charge in [0.05, 0.1) is 11.1 Å². The Bertz CT molecular complexity index is 423. The van der Waals surface area contributed by atoms with Gasteiger partial charge in [0.25, 0.3) is 0 Å². The Hall–Kier alpha value is -1.01. The molecule has 1 N–H and O–H groups in total. The SMILES string of the molecule is CCOC(=O)C(O)Cc1c(F)ccc(Br)c1F. The first-order chi connectivity index (χ1) is 7.97. The number of ether oxygens (including phenoxy) is 1. The highest BCUT2D eigenvalue weighted by atomic mass is 79.9. The summed E-state index contributed by atoms with van der Waals surface area (Å²) >= 11 is 2.90. The molecule has 94 valence electrons. The van der Waals surface area contributed by atoms with Crippen molar-refractivity contribution in [2.45, 2.75) is 19.4 Å². The summed E-state index contributed by atoms with van der Waals surface area (Å²) in [5.74, 6) is -2.53. The quantitative estimate of drug-likeness (QED) is 0.685. The van der Waals surface area contributed by atoms with E-state index >= 15 is 0 Å². The predicted molar refractivity (Wildman–Crippen MR) is 60.4 cm³/mol. The topological polar surface area (TPSA) is 46.5 Å². The molecule has 17 heavy (non-hydrogen) atoms. The second-order valence-corrected chi connectivity index (χ2v) is 4.15. The van der Waals surface area contributed by atoms with Crippen molar-refractivity contribution in [3.8, 4) is 0 Å². The third-order valence-corrected chi connectivity index (χ3v) is 2.71. The Kier molecular flexibility index (Phi) is 5.02. The maximum Gasteiger partial charge on any atom is 0.335 e. The average Bonchev–Trinajstić information content (AvgIpc) is 2.29. The molecule has 6 heteroatoms. The lowest BCUT2D eigenvalue weighted by Crippen LogP contribution is -2.26. The molecular formula is C11H11BrF2O3. The first kappa shape index (κ1) is 14.1. The lowest BCUT2D eigenvalue weighted by Gasteiger charge is -2.11. The van der Waals surface area contributed by atoms with Crippen LogP contribution in [0.15, 0.2) is 16.6 Å². The summed E-state index contributed by atoms with van der Waals surface area (Å²) in [6.45, 7) is 1.67. The van der Waals surface area contributed by atoms with Crippen LogP contribution in [0, 0.1) is 11.6 Å². The van der Waals surface area contributed by atoms with Crippen LogP contribution in [-0.2, 0) is 16.0 Å². The fourth-order valence-corrected chi connectivity index (χ4v) is 1.64. The van der Waals surface area contributed by atoms with Gasteiger partial charge in [-0.1, -0.05) is 0 Å². The fraction of sp³-hybridized carbons (Fsp3) is 0.364. The van der Waals surface area contributed by atoms with Crippen LogP contribution in [0.3, 0.4) is 0 Å². The summed E-state index contributed by atoms with van der Waals surface area (Å²) in [7, 11) is 0. The number of rotatable bonds is 4. The molecule has 0 saturated heterocycles. The van der Waals surface area contributed by atoms with Crippen LogP contribution in [0.2, 0.25) is 0 Å². The van der Waals surface area contributed by atoms with Gasteiger partial charge in [-0.3, -0.25) is 0 Å². The third kappa shape index (κ3) is 3.47. The van der Waals surface area contributed by atoms with Crippen LogP contribution < -0.4 is 0 Å². The molecule has 1 atom stereocenters. The van der Waals surface area contributed by atoms with Gasteiger partial charge in [0.2, 0.25) is 0 Å². The van der Waals surface area contributed by atoms with E-state index < -0.39 is 30.1 Å². The highest BCUT2D eigenvalue weighted by molar-refractivity contribution is 9.10. The Labute approximate surface area is 106 Å². The fourth-order valence-electron chi connectivity index (χ4n) is 1.27. The summed E-state index contributed by atoms with van der Waals surface area (Å²) in [4.78, 5) is 11.1. The molecule has 0 aliphatic carbocycles. The predicted octanol–water partition coefficient (Wildman–Crippen LogP) is 2.19. The Morgan fingerprint density at radius 3 is 2.76 bits per heavy atom. The minimum absolute atomic E-state index is 0.0740. The molecule has 0 heterocycles. The second-order valence-electron chi connectivity index (χ2n) is 3.29. The van der Waals surface area contributed by atoms with Crippen LogP contribution in [0.5, 0.6) is 0 Å². The summed E-state index contributed by atoms with van der Waals surface area (Å²) < 4.78 is 31.5. The van der Waals surface area contributed by atoms with Crippen molar-refractivity contribution >= 4 is 21.9 Å². The van der Waals surface area contributed by atoms with E-state index in [4.69, 9.17) is 0 Å². The molecule has 1 aromatic rings. The number of benzene rings is 1. The molecule has 0 spiro atoms. The van der Waals surface area contributed by atoms with E-state index in [1.165, 1.54) is 6.07 Å². The molecule has 3 nitrogen and oxygen atoms in total. The van der Waals surface area contributed by atoms with Crippen LogP contribution in [-0.4, -0.2) is 23.8 Å². The van der Waals surface area contributed by atoms with Gasteiger partial charge in [0, 0.05) is 12.0 Å². The molecule has 0 aliphatic heterocycles. The Morgan fingerprint density at radius 1 is 1.53 bits per heavy atom. The zero-order valence-corrected chi connectivity index (χ0v) is 10.6. The molecule has 0 bridgehead atoms. The molecule has 1 unspecified atom stereocenters. The molecular weight excluding hydrogens is 298 g/mol. The third-order valence-electron chi connectivity index (χ3n) is 2.10. The molecule has 0 aliphatic rings. The maximum atomic E-state index is 13.5. The van der Waals surface area contributed by atoms with Gasteiger partial charge < -0.3 is 9.84 Å². The molecule has 0 fully saturated rings. The van der Waals surface area contributed by atoms with Crippen LogP contribution in [0.4, 0.5) is 8.78 Å². The second kappa shape index (κ2) is 6.07. The van der Waals surface area contributed by atoms with Gasteiger partial charge in [0.1, 0.15) is 11.6 Å². The first-order valence-electron chi connectivity index (χ1n) is 4.94. The van der Waals surface area contributed by atoms with E-state index in [0.717, 1.165) is 6.07 Å². The van der Waals surface area contributed by atoms with Gasteiger partial charge in [-0.2, -0.15) is 0 Å². The lowest BCUT2D eigenvalue weighted by atomic mass is 10.1. The molecule has 0 radical (unpaired) electrons. The van der Waals surface area contributed by atoms with E-state index in [-0.39, 0.29) is 16.6 Å². The van der Waals surface area contributed by atoms with E-state index in [9.17, 15) is 18.7 Å². The van der Waals surface area contributed by atoms with Crippen molar-refractivity contribution in [1.82, 2.24) is 0 Å². The largest absolute Gasteiger partial charge is 0.464 e. The maximum absolute atomic E-state index is 13.5. The van der Waals surface area contributed by atoms with Crippen molar-refractivity contribution < 1.29 is 23.4 Å². The summed E-state index contributed by atoms with van der Waals surface area (Å²) in [6, 6.07) is 2.27. The van der Waals surface area contributed by atoms with Gasteiger partial charge in [-0.25, -0.2) is 13.6 Å². The molecule has 0 saturated carbocycles. The number of esters is 1. The summed E-state index contributed by atoms with van der Waals surface area (Å²) in [5.41, 5.74) is -0.347. The number of aliphatic hydroxyl groups excluding tert-OH is 1. The molecule has 0 aromatic heterocycles. The van der Waals surface area contributed by atoms with E-state index in [1.54, 1.807) is 6.92 Å². The molecule has 1 aromatic carbocycles. The number of aliphatic hydroxyl groups is 1. The van der Waals surface area contributed by atoms with E-state index in [2.05, 4.69) is 20.7 Å². The lowest BCUT2D eigenvalue weighted by molar-refractivity contribution is -0.152. The smallest absolute Gasteiger partial charge is 0.335 e. The summed E-state index contributed by atoms with van der Waals surface area (Å²) in [5, 5.41) is 9.42. The number of hydrogen-bond acceptors (Lipinski definition) is 3. The van der Waals surface area contributed by atoms with Crippen LogP contribution in [0.1, 0.15) is 12.5 Å². The normalized spacial score (nSPS) is 12.3. The summed E-state index contributed by atoms with van der Waals surface area (Å²) in [6.07, 6.45) is -2.04. The van der Waals surface area contributed by atoms with Crippen molar-refractivity contribution in [1.29, 1.82) is 0 Å². The van der Waals surface area contributed by atoms with Crippen molar-refractivity contribution in [2.75, 3.05) is 6.61 Å². The van der Waals surface area contributed by atoms with Gasteiger partial charge in [0.15, 0.2) is 6.10 Å². The van der Waals surface area contributed by atoms with E-state index in [0.29, 0.717) is 0 Å². The average molecular weight is 309 g/mol. The van der Waals surface area contributed by atoms with Crippen LogP contribution in [0.25, 0.3) is 0 Å². The number of halogens is 3. The number of hydrogen-bond donors (Lipinski definition) is 1. The van der Waals surface area contributed by atoms with Crippen molar-refractivity contribution in [2.24, 2.45) is 0 Å². The van der Waals surface area contributed by atoms with Gasteiger partial charge >= 0.3 is 5.97 Å². The van der Waals surface area contributed by atoms with E-state index in [1.807, 2.05) is 0 Å². The number of carbonyl (C=O) groups excluding carboxylic acids is 1. The Morgan fingerprint density at radius 2 is 2.18 bits per heavy atom. The molecule has 0 amide bonds. The zero-order chi connectivity index (χ0) is 13.0. The highest BCUT2D eigenvalue weighted by Gasteiger charge is 2.22. The minimum atomic E-state index is -1.58. The minimum Gasteiger partial charge on any atom is -0.464 e. The standard InChI is InChI=1S/C11H11BrF2O3/c1-2-17-11(16)9(15)5-6-8(13)4-3-7(12)10(6)14/h3-4,9,15H,2,5H2,1H3. The highest BCUT2D eigenvalue weighted by Crippen LogP contribution is 2.22. The van der Waals surface area contributed by atoms with Gasteiger partial charge in [-0.05, 0) is 35.0 Å². The van der Waals surface area contributed by atoms with Crippen molar-refractivity contribution in [3.05, 3.63) is 33.8 Å². The zero-order valence-electron chi connectivity index (χ0n) is 9.04. The van der Waals surface area contributed by atoms with Crippen LogP contribution >= 0.6 is 15.9 Å².